The molecule has 0 spiro atoms. The molecular weight excluding hydrogens is 270 g/mol. The molecule has 0 unspecified atom stereocenters. The third kappa shape index (κ3) is 2.38. The summed E-state index contributed by atoms with van der Waals surface area (Å²) in [5.74, 6) is 2.11. The zero-order valence-electron chi connectivity index (χ0n) is 12.7. The van der Waals surface area contributed by atoms with Crippen LogP contribution in [0.3, 0.4) is 0 Å². The lowest BCUT2D eigenvalue weighted by Gasteiger charge is -2.17. The first-order valence-corrected chi connectivity index (χ1v) is 6.28. The van der Waals surface area contributed by atoms with Crippen LogP contribution in [-0.2, 0) is 0 Å². The smallest absolute Gasteiger partial charge is 0.204 e. The molecule has 0 aliphatic heterocycles. The van der Waals surface area contributed by atoms with Crippen molar-refractivity contribution in [1.82, 2.24) is 4.98 Å². The van der Waals surface area contributed by atoms with E-state index in [9.17, 15) is 5.26 Å². The average Bonchev–Trinajstić information content (AvgIpc) is 2.51. The predicted octanol–water partition coefficient (Wildman–Crippen LogP) is 2.20. The molecular formula is C15H17N3O3. The standard InChI is InChI=1S/C15H17N3O3/c1-18(2)15-9(8-16)6-10-11(17-15)7-12(19-3)14(21-5)13(10)20-4/h6-7H,1-5H3. The van der Waals surface area contributed by atoms with Crippen LogP contribution >= 0.6 is 0 Å². The lowest BCUT2D eigenvalue weighted by atomic mass is 10.1. The third-order valence-electron chi connectivity index (χ3n) is 3.15. The van der Waals surface area contributed by atoms with Crippen LogP contribution in [0.15, 0.2) is 12.1 Å². The molecule has 0 saturated heterocycles. The number of benzene rings is 1. The molecule has 0 aliphatic rings. The Hall–Kier alpha value is -2.68. The molecule has 0 N–H and O–H groups in total. The molecule has 0 radical (unpaired) electrons. The van der Waals surface area contributed by atoms with Crippen molar-refractivity contribution in [2.24, 2.45) is 0 Å². The highest BCUT2D eigenvalue weighted by atomic mass is 16.5. The van der Waals surface area contributed by atoms with E-state index in [1.54, 1.807) is 38.4 Å². The van der Waals surface area contributed by atoms with Crippen LogP contribution in [0.5, 0.6) is 17.2 Å². The molecule has 0 aliphatic carbocycles. The molecule has 0 fully saturated rings. The number of fused-ring (bicyclic) bond motifs is 1. The van der Waals surface area contributed by atoms with Gasteiger partial charge in [-0.2, -0.15) is 5.26 Å². The summed E-state index contributed by atoms with van der Waals surface area (Å²) >= 11 is 0. The first-order valence-electron chi connectivity index (χ1n) is 6.28. The van der Waals surface area contributed by atoms with Crippen molar-refractivity contribution in [2.45, 2.75) is 0 Å². The van der Waals surface area contributed by atoms with E-state index in [0.29, 0.717) is 39.5 Å². The molecule has 6 heteroatoms. The number of hydrogen-bond donors (Lipinski definition) is 0. The molecule has 0 bridgehead atoms. The van der Waals surface area contributed by atoms with Gasteiger partial charge in [0, 0.05) is 25.5 Å². The fourth-order valence-corrected chi connectivity index (χ4v) is 2.20. The normalized spacial score (nSPS) is 10.1. The van der Waals surface area contributed by atoms with Gasteiger partial charge in [-0.3, -0.25) is 0 Å². The minimum atomic E-state index is 0.470. The van der Waals surface area contributed by atoms with Crippen LogP contribution in [0.25, 0.3) is 10.9 Å². The van der Waals surface area contributed by atoms with Crippen molar-refractivity contribution >= 4 is 16.7 Å². The maximum absolute atomic E-state index is 9.30. The van der Waals surface area contributed by atoms with E-state index in [-0.39, 0.29) is 0 Å². The lowest BCUT2D eigenvalue weighted by Crippen LogP contribution is -2.12. The Morgan fingerprint density at radius 3 is 2.19 bits per heavy atom. The highest BCUT2D eigenvalue weighted by Gasteiger charge is 2.19. The minimum Gasteiger partial charge on any atom is -0.493 e. The first-order chi connectivity index (χ1) is 10.1. The van der Waals surface area contributed by atoms with Gasteiger partial charge in [-0.15, -0.1) is 0 Å². The highest BCUT2D eigenvalue weighted by molar-refractivity contribution is 5.93. The second-order valence-electron chi connectivity index (χ2n) is 4.58. The van der Waals surface area contributed by atoms with Gasteiger partial charge in [0.15, 0.2) is 11.5 Å². The van der Waals surface area contributed by atoms with Gasteiger partial charge in [0.05, 0.1) is 32.4 Å². The van der Waals surface area contributed by atoms with Crippen LogP contribution in [-0.4, -0.2) is 40.4 Å². The molecule has 1 heterocycles. The van der Waals surface area contributed by atoms with Crippen molar-refractivity contribution in [2.75, 3.05) is 40.3 Å². The van der Waals surface area contributed by atoms with E-state index in [0.717, 1.165) is 0 Å². The van der Waals surface area contributed by atoms with Crippen molar-refractivity contribution in [3.8, 4) is 23.3 Å². The molecule has 1 aromatic heterocycles. The quantitative estimate of drug-likeness (QED) is 0.858. The van der Waals surface area contributed by atoms with Crippen LogP contribution in [0.2, 0.25) is 0 Å². The summed E-state index contributed by atoms with van der Waals surface area (Å²) < 4.78 is 16.1. The summed E-state index contributed by atoms with van der Waals surface area (Å²) in [5, 5.41) is 10.0. The Balaban J connectivity index is 2.90. The van der Waals surface area contributed by atoms with Crippen LogP contribution in [0.4, 0.5) is 5.82 Å². The number of rotatable bonds is 4. The number of pyridine rings is 1. The molecule has 2 rings (SSSR count). The van der Waals surface area contributed by atoms with Crippen molar-refractivity contribution in [1.29, 1.82) is 5.26 Å². The van der Waals surface area contributed by atoms with Gasteiger partial charge in [0.2, 0.25) is 5.75 Å². The van der Waals surface area contributed by atoms with E-state index in [1.165, 1.54) is 0 Å². The predicted molar refractivity (Wildman–Crippen MR) is 80.4 cm³/mol. The summed E-state index contributed by atoms with van der Waals surface area (Å²) in [6, 6.07) is 5.67. The molecule has 1 aromatic carbocycles. The van der Waals surface area contributed by atoms with E-state index >= 15 is 0 Å². The van der Waals surface area contributed by atoms with E-state index in [1.807, 2.05) is 14.1 Å². The molecule has 0 amide bonds. The second-order valence-corrected chi connectivity index (χ2v) is 4.58. The Morgan fingerprint density at radius 1 is 1.05 bits per heavy atom. The summed E-state index contributed by atoms with van der Waals surface area (Å²) in [6.45, 7) is 0. The number of nitriles is 1. The topological polar surface area (TPSA) is 67.6 Å². The Bertz CT molecular complexity index is 720. The van der Waals surface area contributed by atoms with E-state index in [2.05, 4.69) is 11.1 Å². The van der Waals surface area contributed by atoms with Gasteiger partial charge in [-0.25, -0.2) is 4.98 Å². The molecule has 110 valence electrons. The van der Waals surface area contributed by atoms with E-state index < -0.39 is 0 Å². The number of nitrogens with zero attached hydrogens (tertiary/aromatic N) is 3. The average molecular weight is 287 g/mol. The fraction of sp³-hybridized carbons (Fsp3) is 0.333. The summed E-state index contributed by atoms with van der Waals surface area (Å²) in [5.41, 5.74) is 1.14. The maximum Gasteiger partial charge on any atom is 0.204 e. The Kier molecular flexibility index (Phi) is 4.03. The molecule has 0 saturated carbocycles. The van der Waals surface area contributed by atoms with E-state index in [4.69, 9.17) is 14.2 Å². The zero-order chi connectivity index (χ0) is 15.6. The van der Waals surface area contributed by atoms with Crippen molar-refractivity contribution in [3.63, 3.8) is 0 Å². The molecule has 6 nitrogen and oxygen atoms in total. The second kappa shape index (κ2) is 5.75. The first kappa shape index (κ1) is 14.7. The van der Waals surface area contributed by atoms with Gasteiger partial charge in [0.25, 0.3) is 0 Å². The molecule has 2 aromatic rings. The maximum atomic E-state index is 9.30. The Morgan fingerprint density at radius 2 is 1.71 bits per heavy atom. The largest absolute Gasteiger partial charge is 0.493 e. The van der Waals surface area contributed by atoms with Crippen LogP contribution < -0.4 is 19.1 Å². The number of hydrogen-bond acceptors (Lipinski definition) is 6. The summed E-state index contributed by atoms with van der Waals surface area (Å²) in [7, 11) is 8.32. The minimum absolute atomic E-state index is 0.470. The number of aromatic nitrogens is 1. The van der Waals surface area contributed by atoms with Crippen LogP contribution in [0, 0.1) is 11.3 Å². The van der Waals surface area contributed by atoms with Gasteiger partial charge >= 0.3 is 0 Å². The van der Waals surface area contributed by atoms with Gasteiger partial charge in [-0.1, -0.05) is 0 Å². The van der Waals surface area contributed by atoms with Crippen LogP contribution in [0.1, 0.15) is 5.56 Å². The summed E-state index contributed by atoms with van der Waals surface area (Å²) in [4.78, 5) is 6.32. The highest BCUT2D eigenvalue weighted by Crippen LogP contribution is 2.43. The number of anilines is 1. The summed E-state index contributed by atoms with van der Waals surface area (Å²) in [6.07, 6.45) is 0. The van der Waals surface area contributed by atoms with Crippen molar-refractivity contribution in [3.05, 3.63) is 17.7 Å². The number of ether oxygens (including phenoxy) is 3. The number of methoxy groups -OCH3 is 3. The zero-order valence-corrected chi connectivity index (χ0v) is 12.7. The third-order valence-corrected chi connectivity index (χ3v) is 3.15. The van der Waals surface area contributed by atoms with Crippen molar-refractivity contribution < 1.29 is 14.2 Å². The fourth-order valence-electron chi connectivity index (χ4n) is 2.20. The monoisotopic (exact) mass is 287 g/mol. The lowest BCUT2D eigenvalue weighted by molar-refractivity contribution is 0.327. The molecule has 0 atom stereocenters. The van der Waals surface area contributed by atoms with Gasteiger partial charge < -0.3 is 19.1 Å². The van der Waals surface area contributed by atoms with Gasteiger partial charge in [0.1, 0.15) is 11.9 Å². The Labute approximate surface area is 123 Å². The SMILES string of the molecule is COc1cc2nc(N(C)C)c(C#N)cc2c(OC)c1OC. The van der Waals surface area contributed by atoms with Gasteiger partial charge in [-0.05, 0) is 6.07 Å². The molecule has 21 heavy (non-hydrogen) atoms.